The Morgan fingerprint density at radius 2 is 1.34 bits per heavy atom. The number of rotatable bonds is 8. The van der Waals surface area contributed by atoms with Gasteiger partial charge in [0, 0.05) is 38.3 Å². The van der Waals surface area contributed by atoms with Crippen molar-refractivity contribution in [3.63, 3.8) is 0 Å². The molecule has 0 bridgehead atoms. The first-order valence-corrected chi connectivity index (χ1v) is 12.6. The Morgan fingerprint density at radius 3 is 1.95 bits per heavy atom. The van der Waals surface area contributed by atoms with Gasteiger partial charge in [-0.1, -0.05) is 18.2 Å². The summed E-state index contributed by atoms with van der Waals surface area (Å²) in [5.41, 5.74) is 5.60. The van der Waals surface area contributed by atoms with Crippen molar-refractivity contribution in [2.45, 2.75) is 0 Å². The number of pyridine rings is 1. The molecule has 1 aliphatic heterocycles. The SMILES string of the molecule is NC(=O)c1ccc(N2CCN(C(=O)Oc3ccc([N+](=O)[O-])cc3)CC2)nc1Oc1ccc(Oc2ccccc2)cc1. The molecule has 12 nitrogen and oxygen atoms in total. The van der Waals surface area contributed by atoms with Crippen LogP contribution in [0.3, 0.4) is 0 Å². The van der Waals surface area contributed by atoms with Crippen LogP contribution in [0.15, 0.2) is 91.0 Å². The molecule has 1 aromatic heterocycles. The van der Waals surface area contributed by atoms with Crippen molar-refractivity contribution >= 4 is 23.5 Å². The smallest absolute Gasteiger partial charge is 0.415 e. The number of aromatic nitrogens is 1. The average Bonchev–Trinajstić information content (AvgIpc) is 2.99. The van der Waals surface area contributed by atoms with E-state index >= 15 is 0 Å². The number of carbonyl (C=O) groups excluding carboxylic acids is 2. The van der Waals surface area contributed by atoms with E-state index in [0.717, 1.165) is 0 Å². The van der Waals surface area contributed by atoms with Crippen molar-refractivity contribution in [2.75, 3.05) is 31.1 Å². The number of amides is 2. The molecule has 41 heavy (non-hydrogen) atoms. The Labute approximate surface area is 234 Å². The number of nitro benzene ring substituents is 1. The molecule has 12 heteroatoms. The molecule has 1 aliphatic rings. The van der Waals surface area contributed by atoms with Crippen LogP contribution in [-0.2, 0) is 0 Å². The molecule has 0 radical (unpaired) electrons. The summed E-state index contributed by atoms with van der Waals surface area (Å²) in [6.07, 6.45) is -0.556. The Hall–Kier alpha value is -5.65. The van der Waals surface area contributed by atoms with E-state index in [1.807, 2.05) is 35.2 Å². The molecule has 1 saturated heterocycles. The predicted octanol–water partition coefficient (Wildman–Crippen LogP) is 4.99. The second-order valence-electron chi connectivity index (χ2n) is 8.97. The summed E-state index contributed by atoms with van der Waals surface area (Å²) in [5, 5.41) is 10.8. The van der Waals surface area contributed by atoms with Crippen molar-refractivity contribution in [1.29, 1.82) is 0 Å². The Kier molecular flexibility index (Phi) is 7.90. The standard InChI is InChI=1S/C29H25N5O7/c30-27(35)25-14-15-26(31-28(25)40-23-12-10-22(11-13-23)39-21-4-2-1-3-5-21)32-16-18-33(19-17-32)29(36)41-24-8-6-20(7-9-24)34(37)38/h1-15H,16-19H2,(H2,30,35). The number of hydrogen-bond donors (Lipinski definition) is 1. The minimum Gasteiger partial charge on any atom is -0.457 e. The van der Waals surface area contributed by atoms with E-state index in [0.29, 0.717) is 49.2 Å². The fraction of sp³-hybridized carbons (Fsp3) is 0.138. The number of ether oxygens (including phenoxy) is 3. The molecule has 2 heterocycles. The lowest BCUT2D eigenvalue weighted by Gasteiger charge is -2.34. The summed E-state index contributed by atoms with van der Waals surface area (Å²) >= 11 is 0. The van der Waals surface area contributed by atoms with E-state index in [1.165, 1.54) is 29.2 Å². The molecule has 0 spiro atoms. The summed E-state index contributed by atoms with van der Waals surface area (Å²) in [4.78, 5) is 43.0. The van der Waals surface area contributed by atoms with Crippen LogP contribution in [0.25, 0.3) is 0 Å². The summed E-state index contributed by atoms with van der Waals surface area (Å²) in [5.74, 6) is 1.91. The van der Waals surface area contributed by atoms with Gasteiger partial charge < -0.3 is 29.7 Å². The Morgan fingerprint density at radius 1 is 0.756 bits per heavy atom. The number of para-hydroxylation sites is 1. The van der Waals surface area contributed by atoms with Gasteiger partial charge >= 0.3 is 6.09 Å². The molecule has 1 fully saturated rings. The first kappa shape index (κ1) is 26.9. The fourth-order valence-corrected chi connectivity index (χ4v) is 4.10. The Bertz CT molecular complexity index is 1540. The number of carbonyl (C=O) groups is 2. The van der Waals surface area contributed by atoms with Gasteiger partial charge in [0.1, 0.15) is 34.4 Å². The van der Waals surface area contributed by atoms with Gasteiger partial charge in [0.05, 0.1) is 4.92 Å². The summed E-state index contributed by atoms with van der Waals surface area (Å²) < 4.78 is 17.1. The van der Waals surface area contributed by atoms with E-state index in [-0.39, 0.29) is 22.9 Å². The number of benzene rings is 3. The number of hydrogen-bond acceptors (Lipinski definition) is 9. The minimum absolute atomic E-state index is 0.0618. The quantitative estimate of drug-likeness (QED) is 0.234. The van der Waals surface area contributed by atoms with E-state index in [9.17, 15) is 19.7 Å². The van der Waals surface area contributed by atoms with Gasteiger partial charge in [-0.3, -0.25) is 14.9 Å². The van der Waals surface area contributed by atoms with Crippen LogP contribution < -0.4 is 24.8 Å². The van der Waals surface area contributed by atoms with Crippen molar-refractivity contribution < 1.29 is 28.7 Å². The number of non-ortho nitro benzene ring substituents is 1. The zero-order chi connectivity index (χ0) is 28.8. The lowest BCUT2D eigenvalue weighted by molar-refractivity contribution is -0.384. The molecule has 3 aromatic carbocycles. The number of piperazine rings is 1. The minimum atomic E-state index is -0.679. The molecule has 5 rings (SSSR count). The largest absolute Gasteiger partial charge is 0.457 e. The summed E-state index contributed by atoms with van der Waals surface area (Å²) in [6.45, 7) is 1.60. The van der Waals surface area contributed by atoms with Crippen LogP contribution in [0, 0.1) is 10.1 Å². The van der Waals surface area contributed by atoms with Crippen LogP contribution in [0.1, 0.15) is 10.4 Å². The normalized spacial score (nSPS) is 12.9. The molecule has 0 saturated carbocycles. The van der Waals surface area contributed by atoms with Crippen LogP contribution in [0.2, 0.25) is 0 Å². The first-order valence-electron chi connectivity index (χ1n) is 12.6. The average molecular weight is 556 g/mol. The van der Waals surface area contributed by atoms with Gasteiger partial charge in [0.2, 0.25) is 5.88 Å². The van der Waals surface area contributed by atoms with Crippen LogP contribution >= 0.6 is 0 Å². The molecule has 2 amide bonds. The monoisotopic (exact) mass is 555 g/mol. The predicted molar refractivity (Wildman–Crippen MR) is 149 cm³/mol. The number of nitrogens with two attached hydrogens (primary N) is 1. The topological polar surface area (TPSA) is 150 Å². The molecular weight excluding hydrogens is 530 g/mol. The van der Waals surface area contributed by atoms with Crippen molar-refractivity contribution in [2.24, 2.45) is 5.73 Å². The van der Waals surface area contributed by atoms with Crippen molar-refractivity contribution in [3.05, 3.63) is 107 Å². The van der Waals surface area contributed by atoms with Crippen LogP contribution in [0.5, 0.6) is 28.9 Å². The lowest BCUT2D eigenvalue weighted by Crippen LogP contribution is -2.49. The molecule has 4 aromatic rings. The highest BCUT2D eigenvalue weighted by Gasteiger charge is 2.25. The van der Waals surface area contributed by atoms with Gasteiger partial charge in [0.15, 0.2) is 0 Å². The number of primary amides is 1. The fourth-order valence-electron chi connectivity index (χ4n) is 4.10. The Balaban J connectivity index is 1.22. The second kappa shape index (κ2) is 12.0. The van der Waals surface area contributed by atoms with Gasteiger partial charge in [-0.25, -0.2) is 4.79 Å². The maximum Gasteiger partial charge on any atom is 0.415 e. The first-order chi connectivity index (χ1) is 19.9. The molecular formula is C29H25N5O7. The van der Waals surface area contributed by atoms with Crippen LogP contribution in [-0.4, -0.2) is 53.0 Å². The zero-order valence-corrected chi connectivity index (χ0v) is 21.7. The van der Waals surface area contributed by atoms with Gasteiger partial charge in [-0.15, -0.1) is 0 Å². The third-order valence-electron chi connectivity index (χ3n) is 6.24. The summed E-state index contributed by atoms with van der Waals surface area (Å²) in [6, 6.07) is 24.8. The highest BCUT2D eigenvalue weighted by Crippen LogP contribution is 2.29. The van der Waals surface area contributed by atoms with Crippen molar-refractivity contribution in [1.82, 2.24) is 9.88 Å². The molecule has 0 unspecified atom stereocenters. The van der Waals surface area contributed by atoms with Gasteiger partial charge in [-0.05, 0) is 60.7 Å². The molecule has 0 aliphatic carbocycles. The van der Waals surface area contributed by atoms with Gasteiger partial charge in [0.25, 0.3) is 11.6 Å². The molecule has 2 N–H and O–H groups in total. The van der Waals surface area contributed by atoms with Gasteiger partial charge in [-0.2, -0.15) is 4.98 Å². The molecule has 208 valence electrons. The zero-order valence-electron chi connectivity index (χ0n) is 21.7. The second-order valence-corrected chi connectivity index (χ2v) is 8.97. The number of anilines is 1. The maximum absolute atomic E-state index is 12.6. The highest BCUT2D eigenvalue weighted by atomic mass is 16.6. The molecule has 0 atom stereocenters. The number of nitro groups is 1. The van der Waals surface area contributed by atoms with Crippen LogP contribution in [0.4, 0.5) is 16.3 Å². The number of nitrogens with zero attached hydrogens (tertiary/aromatic N) is 4. The van der Waals surface area contributed by atoms with E-state index in [1.54, 1.807) is 36.4 Å². The third kappa shape index (κ3) is 6.68. The lowest BCUT2D eigenvalue weighted by atomic mass is 10.2. The maximum atomic E-state index is 12.6. The third-order valence-corrected chi connectivity index (χ3v) is 6.24. The van der Waals surface area contributed by atoms with E-state index in [2.05, 4.69) is 4.98 Å². The van der Waals surface area contributed by atoms with E-state index < -0.39 is 16.9 Å². The van der Waals surface area contributed by atoms with E-state index in [4.69, 9.17) is 19.9 Å². The highest BCUT2D eigenvalue weighted by molar-refractivity contribution is 5.95. The van der Waals surface area contributed by atoms with Crippen molar-refractivity contribution in [3.8, 4) is 28.9 Å². The summed E-state index contributed by atoms with van der Waals surface area (Å²) in [7, 11) is 0.